The fourth-order valence-electron chi connectivity index (χ4n) is 7.92. The zero-order valence-corrected chi connectivity index (χ0v) is 38.6. The van der Waals surface area contributed by atoms with E-state index in [-0.39, 0.29) is 12.5 Å². The smallest absolute Gasteiger partial charge is 0.220 e. The van der Waals surface area contributed by atoms with Crippen molar-refractivity contribution < 1.29 is 15.0 Å². The van der Waals surface area contributed by atoms with Gasteiger partial charge >= 0.3 is 0 Å². The summed E-state index contributed by atoms with van der Waals surface area (Å²) >= 11 is 0. The van der Waals surface area contributed by atoms with Crippen molar-refractivity contribution >= 4 is 5.91 Å². The number of unbranched alkanes of at least 4 members (excludes halogenated alkanes) is 36. The van der Waals surface area contributed by atoms with Gasteiger partial charge in [0.25, 0.3) is 0 Å². The van der Waals surface area contributed by atoms with Crippen molar-refractivity contribution in [1.29, 1.82) is 0 Å². The van der Waals surface area contributed by atoms with E-state index in [9.17, 15) is 15.0 Å². The molecule has 2 unspecified atom stereocenters. The Morgan fingerprint density at radius 1 is 0.404 bits per heavy atom. The Balaban J connectivity index is 3.50. The van der Waals surface area contributed by atoms with E-state index in [1.165, 1.54) is 218 Å². The van der Waals surface area contributed by atoms with E-state index in [4.69, 9.17) is 0 Å². The Bertz CT molecular complexity index is 866. The lowest BCUT2D eigenvalue weighted by Gasteiger charge is -2.19. The molecule has 1 amide bonds. The molecule has 0 aliphatic rings. The molecule has 4 heteroatoms. The first-order chi connectivity index (χ1) is 28.2. The molecule has 0 rings (SSSR count). The molecule has 0 aromatic heterocycles. The maximum Gasteiger partial charge on any atom is 0.220 e. The minimum atomic E-state index is -0.868. The number of nitrogens with one attached hydrogen (secondary N) is 1. The zero-order valence-electron chi connectivity index (χ0n) is 38.6. The van der Waals surface area contributed by atoms with Crippen LogP contribution in [0.2, 0.25) is 0 Å². The number of allylic oxidation sites excluding steroid dienone is 5. The lowest BCUT2D eigenvalue weighted by Crippen LogP contribution is -2.45. The number of aliphatic hydroxyl groups is 2. The van der Waals surface area contributed by atoms with Crippen LogP contribution in [0.3, 0.4) is 0 Å². The van der Waals surface area contributed by atoms with Gasteiger partial charge in [-0.1, -0.05) is 262 Å². The fraction of sp³-hybridized carbons (Fsp3) is 0.868. The van der Waals surface area contributed by atoms with E-state index >= 15 is 0 Å². The minimum absolute atomic E-state index is 0.0734. The molecular weight excluding hydrogens is 699 g/mol. The third kappa shape index (κ3) is 45.5. The summed E-state index contributed by atoms with van der Waals surface area (Å²) in [5.74, 6) is -0.0734. The highest BCUT2D eigenvalue weighted by Gasteiger charge is 2.17. The fourth-order valence-corrected chi connectivity index (χ4v) is 7.92. The molecule has 0 radical (unpaired) electrons. The number of hydrogen-bond acceptors (Lipinski definition) is 3. The van der Waals surface area contributed by atoms with Crippen LogP contribution in [0.1, 0.15) is 277 Å². The van der Waals surface area contributed by atoms with Crippen LogP contribution in [0.4, 0.5) is 0 Å². The molecule has 0 saturated carbocycles. The summed E-state index contributed by atoms with van der Waals surface area (Å²) in [4.78, 5) is 12.4. The van der Waals surface area contributed by atoms with E-state index in [0.717, 1.165) is 38.5 Å². The molecule has 0 spiro atoms. The summed E-state index contributed by atoms with van der Waals surface area (Å²) < 4.78 is 0. The minimum Gasteiger partial charge on any atom is -0.394 e. The first kappa shape index (κ1) is 55.6. The molecule has 0 saturated heterocycles. The van der Waals surface area contributed by atoms with Crippen molar-refractivity contribution in [2.24, 2.45) is 0 Å². The molecule has 0 aliphatic heterocycles. The normalized spacial score (nSPS) is 13.1. The van der Waals surface area contributed by atoms with Crippen LogP contribution >= 0.6 is 0 Å². The highest BCUT2D eigenvalue weighted by molar-refractivity contribution is 5.76. The quantitative estimate of drug-likeness (QED) is 0.0424. The molecule has 336 valence electrons. The maximum absolute atomic E-state index is 12.4. The Morgan fingerprint density at radius 3 is 1.02 bits per heavy atom. The standard InChI is InChI=1S/C53H101NO3/c1-3-5-7-9-11-13-15-17-19-21-22-23-24-25-26-27-28-29-30-31-33-35-37-39-41-43-45-47-49-53(57)54-51(50-55)52(56)48-46-44-42-40-38-36-34-32-20-18-16-14-12-10-8-6-4-2/h20,32,38,40,46,48,51-52,55-56H,3-19,21-31,33-37,39,41-45,47,49-50H2,1-2H3,(H,54,57)/b32-20+,40-38+,48-46+. The number of rotatable bonds is 47. The number of carbonyl (C=O) groups excluding carboxylic acids is 1. The summed E-state index contributed by atoms with van der Waals surface area (Å²) in [6.45, 7) is 4.31. The van der Waals surface area contributed by atoms with Gasteiger partial charge in [-0.3, -0.25) is 4.79 Å². The molecule has 0 bridgehead atoms. The van der Waals surface area contributed by atoms with Crippen molar-refractivity contribution in [2.75, 3.05) is 6.61 Å². The predicted molar refractivity (Wildman–Crippen MR) is 253 cm³/mol. The van der Waals surface area contributed by atoms with Crippen molar-refractivity contribution in [2.45, 2.75) is 289 Å². The molecule has 0 fully saturated rings. The Morgan fingerprint density at radius 2 is 0.684 bits per heavy atom. The topological polar surface area (TPSA) is 69.6 Å². The molecule has 4 nitrogen and oxygen atoms in total. The Kier molecular flexibility index (Phi) is 47.8. The molecule has 57 heavy (non-hydrogen) atoms. The zero-order chi connectivity index (χ0) is 41.4. The molecule has 0 aromatic rings. The van der Waals surface area contributed by atoms with Crippen LogP contribution in [0.5, 0.6) is 0 Å². The van der Waals surface area contributed by atoms with Gasteiger partial charge in [0.15, 0.2) is 0 Å². The van der Waals surface area contributed by atoms with E-state index in [1.807, 2.05) is 6.08 Å². The van der Waals surface area contributed by atoms with Gasteiger partial charge in [-0.2, -0.15) is 0 Å². The van der Waals surface area contributed by atoms with Gasteiger partial charge in [0.1, 0.15) is 0 Å². The van der Waals surface area contributed by atoms with Crippen molar-refractivity contribution in [3.63, 3.8) is 0 Å². The van der Waals surface area contributed by atoms with E-state index in [1.54, 1.807) is 6.08 Å². The lowest BCUT2D eigenvalue weighted by atomic mass is 10.0. The summed E-state index contributed by atoms with van der Waals surface area (Å²) in [5, 5.41) is 23.0. The SMILES string of the molecule is CCCCCCCCC/C=C/CC/C=C/CC/C=C/C(O)C(CO)NC(=O)CCCCCCCCCCCCCCCCCCCCCCCCCCCCCC. The molecule has 0 heterocycles. The van der Waals surface area contributed by atoms with Gasteiger partial charge in [0, 0.05) is 6.42 Å². The lowest BCUT2D eigenvalue weighted by molar-refractivity contribution is -0.123. The van der Waals surface area contributed by atoms with E-state index in [2.05, 4.69) is 43.5 Å². The van der Waals surface area contributed by atoms with Gasteiger partial charge in [-0.05, 0) is 44.9 Å². The van der Waals surface area contributed by atoms with Crippen LogP contribution in [0.15, 0.2) is 36.5 Å². The van der Waals surface area contributed by atoms with Crippen molar-refractivity contribution in [3.8, 4) is 0 Å². The van der Waals surface area contributed by atoms with Crippen LogP contribution in [0.25, 0.3) is 0 Å². The Hall–Kier alpha value is -1.39. The van der Waals surface area contributed by atoms with Gasteiger partial charge in [0.05, 0.1) is 18.8 Å². The molecule has 3 N–H and O–H groups in total. The predicted octanol–water partition coefficient (Wildman–Crippen LogP) is 16.5. The molecular formula is C53H101NO3. The highest BCUT2D eigenvalue weighted by atomic mass is 16.3. The average Bonchev–Trinajstić information content (AvgIpc) is 3.22. The average molecular weight is 800 g/mol. The second kappa shape index (κ2) is 49.0. The van der Waals surface area contributed by atoms with Crippen LogP contribution in [0, 0.1) is 0 Å². The summed E-state index contributed by atoms with van der Waals surface area (Å²) in [5.41, 5.74) is 0. The highest BCUT2D eigenvalue weighted by Crippen LogP contribution is 2.17. The van der Waals surface area contributed by atoms with E-state index in [0.29, 0.717) is 6.42 Å². The van der Waals surface area contributed by atoms with Gasteiger partial charge < -0.3 is 15.5 Å². The number of carbonyl (C=O) groups is 1. The van der Waals surface area contributed by atoms with E-state index < -0.39 is 12.1 Å². The monoisotopic (exact) mass is 800 g/mol. The molecule has 0 aliphatic carbocycles. The molecule has 2 atom stereocenters. The number of hydrogen-bond donors (Lipinski definition) is 3. The Labute approximate surface area is 357 Å². The maximum atomic E-state index is 12.4. The van der Waals surface area contributed by atoms with Crippen LogP contribution < -0.4 is 5.32 Å². The van der Waals surface area contributed by atoms with Crippen molar-refractivity contribution in [1.82, 2.24) is 5.32 Å². The number of aliphatic hydroxyl groups excluding tert-OH is 2. The summed E-state index contributed by atoms with van der Waals surface area (Å²) in [6, 6.07) is -0.643. The molecule has 0 aromatic carbocycles. The third-order valence-corrected chi connectivity index (χ3v) is 11.9. The first-order valence-electron chi connectivity index (χ1n) is 25.7. The largest absolute Gasteiger partial charge is 0.394 e. The second-order valence-electron chi connectivity index (χ2n) is 17.6. The summed E-state index contributed by atoms with van der Waals surface area (Å²) in [7, 11) is 0. The van der Waals surface area contributed by atoms with Gasteiger partial charge in [-0.15, -0.1) is 0 Å². The van der Waals surface area contributed by atoms with Crippen LogP contribution in [-0.2, 0) is 4.79 Å². The first-order valence-corrected chi connectivity index (χ1v) is 25.7. The van der Waals surface area contributed by atoms with Gasteiger partial charge in [0.2, 0.25) is 5.91 Å². The third-order valence-electron chi connectivity index (χ3n) is 11.9. The van der Waals surface area contributed by atoms with Crippen molar-refractivity contribution in [3.05, 3.63) is 36.5 Å². The second-order valence-corrected chi connectivity index (χ2v) is 17.6. The van der Waals surface area contributed by atoms with Crippen LogP contribution in [-0.4, -0.2) is 34.9 Å². The summed E-state index contributed by atoms with van der Waals surface area (Å²) in [6.07, 6.45) is 65.8. The van der Waals surface area contributed by atoms with Gasteiger partial charge in [-0.25, -0.2) is 0 Å². The number of amides is 1.